The third-order valence-corrected chi connectivity index (χ3v) is 2.69. The number of hydrogen-bond acceptors (Lipinski definition) is 3. The average molecular weight is 251 g/mol. The third kappa shape index (κ3) is 2.17. The molecule has 0 spiro atoms. The molecule has 0 bridgehead atoms. The maximum Gasteiger partial charge on any atom is 0.153 e. The molecule has 0 radical (unpaired) electrons. The molecule has 0 saturated heterocycles. The highest BCUT2D eigenvalue weighted by Gasteiger charge is 2.10. The highest BCUT2D eigenvalue weighted by molar-refractivity contribution is 6.30. The van der Waals surface area contributed by atoms with E-state index in [0.29, 0.717) is 27.7 Å². The van der Waals surface area contributed by atoms with Gasteiger partial charge in [-0.05, 0) is 25.1 Å². The van der Waals surface area contributed by atoms with Crippen LogP contribution >= 0.6 is 11.6 Å². The van der Waals surface area contributed by atoms with Crippen LogP contribution in [-0.2, 0) is 0 Å². The van der Waals surface area contributed by atoms with Gasteiger partial charge in [-0.3, -0.25) is 4.79 Å². The molecule has 17 heavy (non-hydrogen) atoms. The van der Waals surface area contributed by atoms with Crippen LogP contribution in [0.5, 0.6) is 5.75 Å². The van der Waals surface area contributed by atoms with Crippen molar-refractivity contribution in [3.05, 3.63) is 40.7 Å². The first-order chi connectivity index (χ1) is 8.15. The number of aromatic nitrogens is 2. The van der Waals surface area contributed by atoms with Gasteiger partial charge in [0.05, 0.1) is 18.4 Å². The minimum atomic E-state index is 0.548. The van der Waals surface area contributed by atoms with Gasteiger partial charge in [-0.25, -0.2) is 4.68 Å². The molecule has 0 fully saturated rings. The molecule has 0 amide bonds. The fourth-order valence-corrected chi connectivity index (χ4v) is 1.72. The van der Waals surface area contributed by atoms with Crippen LogP contribution in [0, 0.1) is 6.92 Å². The number of benzene rings is 1. The predicted octanol–water partition coefficient (Wildman–Crippen LogP) is 2.66. The third-order valence-electron chi connectivity index (χ3n) is 2.45. The number of halogens is 1. The second-order valence-corrected chi connectivity index (χ2v) is 3.98. The van der Waals surface area contributed by atoms with Crippen molar-refractivity contribution < 1.29 is 9.53 Å². The van der Waals surface area contributed by atoms with Crippen molar-refractivity contribution in [3.8, 4) is 11.4 Å². The number of aldehydes is 1. The van der Waals surface area contributed by atoms with Crippen LogP contribution in [0.4, 0.5) is 0 Å². The molecule has 1 aromatic carbocycles. The van der Waals surface area contributed by atoms with Gasteiger partial charge in [-0.15, -0.1) is 0 Å². The summed E-state index contributed by atoms with van der Waals surface area (Å²) in [6, 6.07) is 5.23. The van der Waals surface area contributed by atoms with Crippen molar-refractivity contribution in [3.63, 3.8) is 0 Å². The van der Waals surface area contributed by atoms with Crippen LogP contribution < -0.4 is 4.74 Å². The average Bonchev–Trinajstić information content (AvgIpc) is 2.70. The van der Waals surface area contributed by atoms with E-state index in [2.05, 4.69) is 5.10 Å². The molecule has 0 unspecified atom stereocenters. The summed E-state index contributed by atoms with van der Waals surface area (Å²) in [5, 5.41) is 4.83. The Labute approximate surface area is 104 Å². The summed E-state index contributed by atoms with van der Waals surface area (Å²) in [5.74, 6) is 0.648. The van der Waals surface area contributed by atoms with Gasteiger partial charge in [0, 0.05) is 11.2 Å². The first-order valence-electron chi connectivity index (χ1n) is 5.01. The van der Waals surface area contributed by atoms with Gasteiger partial charge in [-0.2, -0.15) is 5.10 Å². The van der Waals surface area contributed by atoms with E-state index in [9.17, 15) is 4.79 Å². The number of hydrogen-bond donors (Lipinski definition) is 0. The lowest BCUT2D eigenvalue weighted by molar-refractivity contribution is 0.112. The summed E-state index contributed by atoms with van der Waals surface area (Å²) in [7, 11) is 1.57. The van der Waals surface area contributed by atoms with E-state index in [0.717, 1.165) is 6.29 Å². The molecular weight excluding hydrogens is 240 g/mol. The number of carbonyl (C=O) groups is 1. The second-order valence-electron chi connectivity index (χ2n) is 3.55. The monoisotopic (exact) mass is 250 g/mol. The molecule has 0 saturated carbocycles. The molecule has 1 heterocycles. The quantitative estimate of drug-likeness (QED) is 0.787. The van der Waals surface area contributed by atoms with Gasteiger partial charge in [0.1, 0.15) is 11.4 Å². The first-order valence-corrected chi connectivity index (χ1v) is 5.39. The van der Waals surface area contributed by atoms with Crippen LogP contribution in [0.3, 0.4) is 0 Å². The fourth-order valence-electron chi connectivity index (χ4n) is 1.55. The largest absolute Gasteiger partial charge is 0.494 e. The fraction of sp³-hybridized carbons (Fsp3) is 0.167. The van der Waals surface area contributed by atoms with E-state index < -0.39 is 0 Å². The highest BCUT2D eigenvalue weighted by atomic mass is 35.5. The smallest absolute Gasteiger partial charge is 0.153 e. The summed E-state index contributed by atoms with van der Waals surface area (Å²) in [4.78, 5) is 10.8. The second kappa shape index (κ2) is 4.59. The lowest BCUT2D eigenvalue weighted by atomic mass is 10.3. The molecule has 2 rings (SSSR count). The van der Waals surface area contributed by atoms with Gasteiger partial charge in [0.25, 0.3) is 0 Å². The van der Waals surface area contributed by atoms with E-state index in [1.807, 2.05) is 0 Å². The molecular formula is C12H11ClN2O2. The number of aryl methyl sites for hydroxylation is 1. The number of nitrogens with zero attached hydrogens (tertiary/aromatic N) is 2. The van der Waals surface area contributed by atoms with Crippen molar-refractivity contribution in [2.45, 2.75) is 6.92 Å². The number of ether oxygens (including phenoxy) is 1. The maximum absolute atomic E-state index is 10.8. The molecule has 0 aliphatic heterocycles. The Hall–Kier alpha value is -1.81. The highest BCUT2D eigenvalue weighted by Crippen LogP contribution is 2.26. The van der Waals surface area contributed by atoms with Crippen molar-refractivity contribution >= 4 is 17.9 Å². The van der Waals surface area contributed by atoms with E-state index in [1.165, 1.54) is 0 Å². The SMILES string of the molecule is COc1ccc(Cl)cc1-n1cc(C=O)c(C)n1. The molecule has 2 aromatic rings. The lowest BCUT2D eigenvalue weighted by Crippen LogP contribution is -1.98. The number of methoxy groups -OCH3 is 1. The molecule has 0 aliphatic rings. The molecule has 1 aromatic heterocycles. The van der Waals surface area contributed by atoms with Gasteiger partial charge in [-0.1, -0.05) is 11.6 Å². The van der Waals surface area contributed by atoms with Crippen LogP contribution in [0.15, 0.2) is 24.4 Å². The number of carbonyl (C=O) groups excluding carboxylic acids is 1. The molecule has 0 atom stereocenters. The molecule has 4 nitrogen and oxygen atoms in total. The molecule has 0 N–H and O–H groups in total. The van der Waals surface area contributed by atoms with Crippen LogP contribution in [-0.4, -0.2) is 23.2 Å². The van der Waals surface area contributed by atoms with Crippen molar-refractivity contribution in [2.75, 3.05) is 7.11 Å². The van der Waals surface area contributed by atoms with Crippen LogP contribution in [0.1, 0.15) is 16.1 Å². The van der Waals surface area contributed by atoms with Crippen LogP contribution in [0.2, 0.25) is 5.02 Å². The zero-order valence-electron chi connectivity index (χ0n) is 9.48. The van der Waals surface area contributed by atoms with E-state index >= 15 is 0 Å². The normalized spacial score (nSPS) is 10.3. The van der Waals surface area contributed by atoms with Gasteiger partial charge < -0.3 is 4.74 Å². The Morgan fingerprint density at radius 3 is 2.82 bits per heavy atom. The molecule has 5 heteroatoms. The Morgan fingerprint density at radius 1 is 1.47 bits per heavy atom. The topological polar surface area (TPSA) is 44.1 Å². The van der Waals surface area contributed by atoms with Gasteiger partial charge >= 0.3 is 0 Å². The Bertz CT molecular complexity index is 564. The summed E-state index contributed by atoms with van der Waals surface area (Å²) in [6.07, 6.45) is 2.42. The minimum Gasteiger partial charge on any atom is -0.494 e. The van der Waals surface area contributed by atoms with E-state index in [4.69, 9.17) is 16.3 Å². The Balaban J connectivity index is 2.58. The summed E-state index contributed by atoms with van der Waals surface area (Å²) in [6.45, 7) is 1.78. The number of rotatable bonds is 3. The summed E-state index contributed by atoms with van der Waals surface area (Å²) < 4.78 is 6.82. The van der Waals surface area contributed by atoms with E-state index in [-0.39, 0.29) is 0 Å². The van der Waals surface area contributed by atoms with Crippen molar-refractivity contribution in [2.24, 2.45) is 0 Å². The first kappa shape index (κ1) is 11.7. The zero-order chi connectivity index (χ0) is 12.4. The molecule has 88 valence electrons. The summed E-state index contributed by atoms with van der Waals surface area (Å²) in [5.41, 5.74) is 1.92. The zero-order valence-corrected chi connectivity index (χ0v) is 10.2. The Morgan fingerprint density at radius 2 is 2.24 bits per heavy atom. The lowest BCUT2D eigenvalue weighted by Gasteiger charge is -2.08. The van der Waals surface area contributed by atoms with Gasteiger partial charge in [0.2, 0.25) is 0 Å². The molecule has 0 aliphatic carbocycles. The standard InChI is InChI=1S/C12H11ClN2O2/c1-8-9(7-16)6-15(14-8)11-5-10(13)3-4-12(11)17-2/h3-7H,1-2H3. The van der Waals surface area contributed by atoms with E-state index in [1.54, 1.807) is 43.1 Å². The van der Waals surface area contributed by atoms with Crippen molar-refractivity contribution in [1.82, 2.24) is 9.78 Å². The predicted molar refractivity (Wildman–Crippen MR) is 65.3 cm³/mol. The maximum atomic E-state index is 10.8. The van der Waals surface area contributed by atoms with Crippen molar-refractivity contribution in [1.29, 1.82) is 0 Å². The summed E-state index contributed by atoms with van der Waals surface area (Å²) >= 11 is 5.94. The van der Waals surface area contributed by atoms with Gasteiger partial charge in [0.15, 0.2) is 6.29 Å². The van der Waals surface area contributed by atoms with Crippen LogP contribution in [0.25, 0.3) is 5.69 Å². The Kier molecular flexibility index (Phi) is 3.15. The minimum absolute atomic E-state index is 0.548.